The number of rotatable bonds is 4. The number of nitrogens with zero attached hydrogens (tertiary/aromatic N) is 1. The van der Waals surface area contributed by atoms with E-state index in [-0.39, 0.29) is 18.6 Å². The SMILES string of the molecule is O=C(NCC1(C(=O)O)CC1)NC1CN2CCC1CC2. The summed E-state index contributed by atoms with van der Waals surface area (Å²) in [5, 5.41) is 14.8. The van der Waals surface area contributed by atoms with Crippen LogP contribution in [-0.4, -0.2) is 54.2 Å². The fourth-order valence-electron chi connectivity index (χ4n) is 3.21. The van der Waals surface area contributed by atoms with Gasteiger partial charge in [-0.3, -0.25) is 4.79 Å². The smallest absolute Gasteiger partial charge is 0.315 e. The minimum Gasteiger partial charge on any atom is -0.481 e. The van der Waals surface area contributed by atoms with Gasteiger partial charge in [0.2, 0.25) is 0 Å². The average Bonchev–Trinajstić information content (AvgIpc) is 3.19. The summed E-state index contributed by atoms with van der Waals surface area (Å²) in [6, 6.07) is 0.00811. The number of carbonyl (C=O) groups is 2. The fraction of sp³-hybridized carbons (Fsp3) is 0.846. The Balaban J connectivity index is 1.45. The zero-order valence-corrected chi connectivity index (χ0v) is 11.0. The Morgan fingerprint density at radius 1 is 1.26 bits per heavy atom. The third-order valence-electron chi connectivity index (χ3n) is 4.87. The van der Waals surface area contributed by atoms with E-state index in [2.05, 4.69) is 15.5 Å². The summed E-state index contributed by atoms with van der Waals surface area (Å²) < 4.78 is 0. The standard InChI is InChI=1S/C13H21N3O3/c17-11(18)13(3-4-13)8-14-12(19)15-10-7-16-5-1-9(10)2-6-16/h9-10H,1-8H2,(H,17,18)(H2,14,15,19). The molecule has 0 aromatic carbocycles. The predicted molar refractivity (Wildman–Crippen MR) is 68.8 cm³/mol. The lowest BCUT2D eigenvalue weighted by Gasteiger charge is -2.44. The summed E-state index contributed by atoms with van der Waals surface area (Å²) in [5.41, 5.74) is -0.688. The van der Waals surface area contributed by atoms with Gasteiger partial charge in [0, 0.05) is 19.1 Å². The van der Waals surface area contributed by atoms with Gasteiger partial charge in [-0.05, 0) is 44.7 Å². The van der Waals surface area contributed by atoms with Crippen molar-refractivity contribution in [2.75, 3.05) is 26.2 Å². The molecule has 106 valence electrons. The molecule has 0 aromatic heterocycles. The van der Waals surface area contributed by atoms with Crippen LogP contribution in [0.1, 0.15) is 25.7 Å². The third-order valence-corrected chi connectivity index (χ3v) is 4.87. The van der Waals surface area contributed by atoms with Crippen LogP contribution >= 0.6 is 0 Å². The van der Waals surface area contributed by atoms with Crippen molar-refractivity contribution in [1.29, 1.82) is 0 Å². The van der Waals surface area contributed by atoms with E-state index >= 15 is 0 Å². The summed E-state index contributed by atoms with van der Waals surface area (Å²) in [6.45, 7) is 3.47. The van der Waals surface area contributed by atoms with Crippen LogP contribution in [-0.2, 0) is 4.79 Å². The van der Waals surface area contributed by atoms with Crippen molar-refractivity contribution in [1.82, 2.24) is 15.5 Å². The molecule has 1 unspecified atom stereocenters. The van der Waals surface area contributed by atoms with Crippen LogP contribution in [0.25, 0.3) is 0 Å². The predicted octanol–water partition coefficient (Wildman–Crippen LogP) is 0.245. The van der Waals surface area contributed by atoms with E-state index in [0.29, 0.717) is 18.8 Å². The molecule has 4 rings (SSSR count). The molecule has 0 spiro atoms. The highest BCUT2D eigenvalue weighted by atomic mass is 16.4. The molecular formula is C13H21N3O3. The van der Waals surface area contributed by atoms with Crippen LogP contribution in [0.15, 0.2) is 0 Å². The van der Waals surface area contributed by atoms with Gasteiger partial charge >= 0.3 is 12.0 Å². The Bertz CT molecular complexity index is 387. The lowest BCUT2D eigenvalue weighted by molar-refractivity contribution is -0.143. The normalized spacial score (nSPS) is 34.6. The molecule has 2 bridgehead atoms. The van der Waals surface area contributed by atoms with Gasteiger partial charge in [0.25, 0.3) is 0 Å². The van der Waals surface area contributed by atoms with Crippen LogP contribution in [0.4, 0.5) is 4.79 Å². The van der Waals surface area contributed by atoms with Crippen molar-refractivity contribution in [3.05, 3.63) is 0 Å². The molecule has 3 N–H and O–H groups in total. The Morgan fingerprint density at radius 3 is 2.42 bits per heavy atom. The second-order valence-corrected chi connectivity index (χ2v) is 6.16. The molecule has 3 aliphatic heterocycles. The molecule has 1 atom stereocenters. The quantitative estimate of drug-likeness (QED) is 0.682. The monoisotopic (exact) mass is 267 g/mol. The average molecular weight is 267 g/mol. The first-order valence-electron chi connectivity index (χ1n) is 7.09. The van der Waals surface area contributed by atoms with E-state index in [9.17, 15) is 9.59 Å². The highest BCUT2D eigenvalue weighted by molar-refractivity contribution is 5.80. The summed E-state index contributed by atoms with van der Waals surface area (Å²) in [6.07, 6.45) is 3.65. The molecule has 3 heterocycles. The maximum Gasteiger partial charge on any atom is 0.315 e. The van der Waals surface area contributed by atoms with E-state index in [4.69, 9.17) is 5.11 Å². The minimum atomic E-state index is -0.796. The maximum absolute atomic E-state index is 11.9. The summed E-state index contributed by atoms with van der Waals surface area (Å²) >= 11 is 0. The molecule has 1 aliphatic carbocycles. The number of aliphatic carboxylic acids is 1. The van der Waals surface area contributed by atoms with Gasteiger partial charge < -0.3 is 20.6 Å². The maximum atomic E-state index is 11.9. The van der Waals surface area contributed by atoms with Gasteiger partial charge in [0.05, 0.1) is 5.41 Å². The largest absolute Gasteiger partial charge is 0.481 e. The highest BCUT2D eigenvalue weighted by Gasteiger charge is 2.50. The van der Waals surface area contributed by atoms with Crippen molar-refractivity contribution < 1.29 is 14.7 Å². The fourth-order valence-corrected chi connectivity index (χ4v) is 3.21. The van der Waals surface area contributed by atoms with Crippen LogP contribution in [0.5, 0.6) is 0 Å². The number of fused-ring (bicyclic) bond motifs is 3. The minimum absolute atomic E-state index is 0.216. The molecule has 4 aliphatic rings. The first kappa shape index (κ1) is 12.7. The van der Waals surface area contributed by atoms with E-state index in [1.807, 2.05) is 0 Å². The molecule has 1 saturated carbocycles. The molecule has 0 aromatic rings. The van der Waals surface area contributed by atoms with Crippen LogP contribution < -0.4 is 10.6 Å². The van der Waals surface area contributed by atoms with Crippen molar-refractivity contribution >= 4 is 12.0 Å². The number of hydrogen-bond acceptors (Lipinski definition) is 3. The second kappa shape index (κ2) is 4.67. The Hall–Kier alpha value is -1.30. The van der Waals surface area contributed by atoms with Crippen molar-refractivity contribution in [2.45, 2.75) is 31.7 Å². The molecule has 6 heteroatoms. The lowest BCUT2D eigenvalue weighted by Crippen LogP contribution is -2.59. The molecule has 2 amide bonds. The van der Waals surface area contributed by atoms with Gasteiger partial charge in [-0.15, -0.1) is 0 Å². The zero-order valence-electron chi connectivity index (χ0n) is 11.0. The Kier molecular flexibility index (Phi) is 3.12. The van der Waals surface area contributed by atoms with Gasteiger partial charge in [0.15, 0.2) is 0 Å². The van der Waals surface area contributed by atoms with Crippen LogP contribution in [0, 0.1) is 11.3 Å². The Morgan fingerprint density at radius 2 is 1.95 bits per heavy atom. The van der Waals surface area contributed by atoms with Gasteiger partial charge in [-0.1, -0.05) is 0 Å². The number of carboxylic acids is 1. The topological polar surface area (TPSA) is 81.7 Å². The Labute approximate surface area is 112 Å². The van der Waals surface area contributed by atoms with E-state index < -0.39 is 11.4 Å². The number of urea groups is 1. The molecule has 19 heavy (non-hydrogen) atoms. The molecule has 4 fully saturated rings. The summed E-state index contributed by atoms with van der Waals surface area (Å²) in [5.74, 6) is -0.208. The third kappa shape index (κ3) is 2.54. The van der Waals surface area contributed by atoms with E-state index in [0.717, 1.165) is 32.5 Å². The van der Waals surface area contributed by atoms with Crippen molar-refractivity contribution in [3.8, 4) is 0 Å². The summed E-state index contributed by atoms with van der Waals surface area (Å²) in [7, 11) is 0. The van der Waals surface area contributed by atoms with Crippen LogP contribution in [0.3, 0.4) is 0 Å². The highest BCUT2D eigenvalue weighted by Crippen LogP contribution is 2.45. The van der Waals surface area contributed by atoms with Crippen LogP contribution in [0.2, 0.25) is 0 Å². The van der Waals surface area contributed by atoms with Gasteiger partial charge in [-0.2, -0.15) is 0 Å². The zero-order chi connectivity index (χ0) is 13.5. The van der Waals surface area contributed by atoms with Crippen molar-refractivity contribution in [2.24, 2.45) is 11.3 Å². The van der Waals surface area contributed by atoms with Gasteiger partial charge in [0.1, 0.15) is 0 Å². The van der Waals surface area contributed by atoms with Gasteiger partial charge in [-0.25, -0.2) is 4.79 Å². The molecular weight excluding hydrogens is 246 g/mol. The number of carbonyl (C=O) groups excluding carboxylic acids is 1. The van der Waals surface area contributed by atoms with E-state index in [1.165, 1.54) is 0 Å². The molecule has 0 radical (unpaired) electrons. The van der Waals surface area contributed by atoms with E-state index in [1.54, 1.807) is 0 Å². The lowest BCUT2D eigenvalue weighted by atomic mass is 9.84. The number of piperidine rings is 3. The van der Waals surface area contributed by atoms with Crippen molar-refractivity contribution in [3.63, 3.8) is 0 Å². The molecule has 6 nitrogen and oxygen atoms in total. The number of nitrogens with one attached hydrogen (secondary N) is 2. The number of carboxylic acid groups (broad SMARTS) is 1. The number of hydrogen-bond donors (Lipinski definition) is 3. The first-order chi connectivity index (χ1) is 9.09. The number of amides is 2. The molecule has 3 saturated heterocycles. The summed E-state index contributed by atoms with van der Waals surface area (Å²) in [4.78, 5) is 25.2. The first-order valence-corrected chi connectivity index (χ1v) is 7.09. The second-order valence-electron chi connectivity index (χ2n) is 6.16.